The van der Waals surface area contributed by atoms with Crippen LogP contribution in [0.25, 0.3) is 11.3 Å². The van der Waals surface area contributed by atoms with Gasteiger partial charge in [-0.15, -0.1) is 10.2 Å². The Balaban J connectivity index is 1.92. The normalized spacial score (nSPS) is 10.4. The highest BCUT2D eigenvalue weighted by Gasteiger charge is 2.18. The zero-order valence-electron chi connectivity index (χ0n) is 14.8. The van der Waals surface area contributed by atoms with Gasteiger partial charge in [-0.3, -0.25) is 4.79 Å². The van der Waals surface area contributed by atoms with Gasteiger partial charge in [0.1, 0.15) is 5.69 Å². The molecule has 2 aromatic heterocycles. The molecule has 0 atom stereocenters. The second kappa shape index (κ2) is 7.65. The monoisotopic (exact) mass is 366 g/mol. The standard InChI is InChI=1S/C18H18N6O3/c1-10-8-13(21-18(19)26)16(12-6-4-3-5-7-12)22-15(10)17(25)20-9-14-24-23-11(2)27-14/h3-8H,9H2,1-2H3,(H,20,25)(H3,19,21,26). The molecule has 1 aromatic carbocycles. The molecule has 3 aromatic rings. The molecule has 0 radical (unpaired) electrons. The number of aromatic nitrogens is 3. The number of amides is 3. The minimum absolute atomic E-state index is 0.0861. The van der Waals surface area contributed by atoms with Crippen LogP contribution in [0.2, 0.25) is 0 Å². The molecule has 0 bridgehead atoms. The lowest BCUT2D eigenvalue weighted by Gasteiger charge is -2.13. The second-order valence-electron chi connectivity index (χ2n) is 5.80. The number of nitrogens with one attached hydrogen (secondary N) is 2. The van der Waals surface area contributed by atoms with Crippen LogP contribution in [-0.2, 0) is 6.54 Å². The maximum absolute atomic E-state index is 12.6. The number of urea groups is 1. The van der Waals surface area contributed by atoms with Crippen LogP contribution >= 0.6 is 0 Å². The first kappa shape index (κ1) is 18.1. The molecule has 0 saturated heterocycles. The maximum atomic E-state index is 12.6. The molecule has 9 nitrogen and oxygen atoms in total. The quantitative estimate of drug-likeness (QED) is 0.633. The fourth-order valence-electron chi connectivity index (χ4n) is 2.54. The molecular formula is C18H18N6O3. The van der Waals surface area contributed by atoms with E-state index in [1.807, 2.05) is 30.3 Å². The second-order valence-corrected chi connectivity index (χ2v) is 5.80. The molecule has 27 heavy (non-hydrogen) atoms. The Morgan fingerprint density at radius 3 is 2.52 bits per heavy atom. The van der Waals surface area contributed by atoms with E-state index in [1.54, 1.807) is 19.9 Å². The number of primary amides is 1. The number of aryl methyl sites for hydroxylation is 2. The lowest BCUT2D eigenvalue weighted by molar-refractivity contribution is 0.0941. The van der Waals surface area contributed by atoms with E-state index in [9.17, 15) is 9.59 Å². The van der Waals surface area contributed by atoms with Crippen molar-refractivity contribution in [1.82, 2.24) is 20.5 Å². The van der Waals surface area contributed by atoms with Crippen LogP contribution in [0.5, 0.6) is 0 Å². The summed E-state index contributed by atoms with van der Waals surface area (Å²) in [5.74, 6) is 0.321. The summed E-state index contributed by atoms with van der Waals surface area (Å²) in [6, 6.07) is 10.1. The number of pyridine rings is 1. The first-order valence-electron chi connectivity index (χ1n) is 8.14. The zero-order valence-corrected chi connectivity index (χ0v) is 14.8. The van der Waals surface area contributed by atoms with E-state index >= 15 is 0 Å². The van der Waals surface area contributed by atoms with Crippen molar-refractivity contribution >= 4 is 17.6 Å². The molecule has 0 spiro atoms. The zero-order chi connectivity index (χ0) is 19.4. The Bertz CT molecular complexity index is 984. The van der Waals surface area contributed by atoms with Gasteiger partial charge in [-0.25, -0.2) is 9.78 Å². The van der Waals surface area contributed by atoms with Crippen LogP contribution in [-0.4, -0.2) is 27.1 Å². The molecule has 2 heterocycles. The maximum Gasteiger partial charge on any atom is 0.316 e. The average molecular weight is 366 g/mol. The van der Waals surface area contributed by atoms with Crippen LogP contribution in [0.1, 0.15) is 27.8 Å². The van der Waals surface area contributed by atoms with Crippen LogP contribution in [0.4, 0.5) is 10.5 Å². The highest BCUT2D eigenvalue weighted by molar-refractivity contribution is 5.97. The van der Waals surface area contributed by atoms with Crippen molar-refractivity contribution in [3.63, 3.8) is 0 Å². The summed E-state index contributed by atoms with van der Waals surface area (Å²) in [5, 5.41) is 12.8. The molecule has 0 aliphatic carbocycles. The lowest BCUT2D eigenvalue weighted by Crippen LogP contribution is -2.26. The molecule has 0 aliphatic rings. The summed E-state index contributed by atoms with van der Waals surface area (Å²) in [6.45, 7) is 3.48. The molecule has 3 rings (SSSR count). The molecule has 0 aliphatic heterocycles. The molecule has 4 N–H and O–H groups in total. The average Bonchev–Trinajstić information content (AvgIpc) is 3.05. The van der Waals surface area contributed by atoms with Crippen LogP contribution < -0.4 is 16.4 Å². The van der Waals surface area contributed by atoms with Gasteiger partial charge in [-0.2, -0.15) is 0 Å². The Kier molecular flexibility index (Phi) is 5.11. The van der Waals surface area contributed by atoms with Crippen LogP contribution in [0.3, 0.4) is 0 Å². The molecule has 0 fully saturated rings. The fraction of sp³-hybridized carbons (Fsp3) is 0.167. The molecule has 9 heteroatoms. The van der Waals surface area contributed by atoms with Gasteiger partial charge in [-0.1, -0.05) is 30.3 Å². The molecule has 138 valence electrons. The van der Waals surface area contributed by atoms with Gasteiger partial charge in [0.05, 0.1) is 17.9 Å². The van der Waals surface area contributed by atoms with Gasteiger partial charge in [-0.05, 0) is 18.6 Å². The third-order valence-electron chi connectivity index (χ3n) is 3.70. The van der Waals surface area contributed by atoms with E-state index in [0.717, 1.165) is 5.56 Å². The van der Waals surface area contributed by atoms with E-state index in [2.05, 4.69) is 25.8 Å². The summed E-state index contributed by atoms with van der Waals surface area (Å²) in [4.78, 5) is 28.4. The topological polar surface area (TPSA) is 136 Å². The first-order valence-corrected chi connectivity index (χ1v) is 8.14. The van der Waals surface area contributed by atoms with Crippen molar-refractivity contribution < 1.29 is 14.0 Å². The van der Waals surface area contributed by atoms with Crippen molar-refractivity contribution in [1.29, 1.82) is 0 Å². The minimum Gasteiger partial charge on any atom is -0.424 e. The fourth-order valence-corrected chi connectivity index (χ4v) is 2.54. The summed E-state index contributed by atoms with van der Waals surface area (Å²) in [5.41, 5.74) is 7.66. The van der Waals surface area contributed by atoms with Gasteiger partial charge in [0.15, 0.2) is 0 Å². The van der Waals surface area contributed by atoms with Crippen molar-refractivity contribution in [3.05, 3.63) is 59.4 Å². The van der Waals surface area contributed by atoms with E-state index in [0.29, 0.717) is 28.7 Å². The van der Waals surface area contributed by atoms with Gasteiger partial charge < -0.3 is 20.8 Å². The van der Waals surface area contributed by atoms with Gasteiger partial charge in [0.2, 0.25) is 11.8 Å². The Morgan fingerprint density at radius 2 is 1.89 bits per heavy atom. The van der Waals surface area contributed by atoms with Crippen molar-refractivity contribution in [2.75, 3.05) is 5.32 Å². The number of anilines is 1. The van der Waals surface area contributed by atoms with Crippen LogP contribution in [0, 0.1) is 13.8 Å². The summed E-state index contributed by atoms with van der Waals surface area (Å²) in [7, 11) is 0. The largest absolute Gasteiger partial charge is 0.424 e. The summed E-state index contributed by atoms with van der Waals surface area (Å²) >= 11 is 0. The predicted octanol–water partition coefficient (Wildman–Crippen LogP) is 2.17. The number of carbonyl (C=O) groups excluding carboxylic acids is 2. The number of nitrogens with zero attached hydrogens (tertiary/aromatic N) is 3. The number of carbonyl (C=O) groups is 2. The number of hydrogen-bond acceptors (Lipinski definition) is 6. The van der Waals surface area contributed by atoms with E-state index in [4.69, 9.17) is 10.2 Å². The highest BCUT2D eigenvalue weighted by Crippen LogP contribution is 2.28. The van der Waals surface area contributed by atoms with Crippen molar-refractivity contribution in [2.45, 2.75) is 20.4 Å². The lowest BCUT2D eigenvalue weighted by atomic mass is 10.1. The van der Waals surface area contributed by atoms with Crippen molar-refractivity contribution in [3.8, 4) is 11.3 Å². The molecular weight excluding hydrogens is 348 g/mol. The minimum atomic E-state index is -0.711. The van der Waals surface area contributed by atoms with Crippen molar-refractivity contribution in [2.24, 2.45) is 5.73 Å². The number of benzene rings is 1. The van der Waals surface area contributed by atoms with Crippen LogP contribution in [0.15, 0.2) is 40.8 Å². The predicted molar refractivity (Wildman–Crippen MR) is 97.8 cm³/mol. The Morgan fingerprint density at radius 1 is 1.15 bits per heavy atom. The third-order valence-corrected chi connectivity index (χ3v) is 3.70. The summed E-state index contributed by atoms with van der Waals surface area (Å²) < 4.78 is 5.24. The van der Waals surface area contributed by atoms with E-state index in [1.165, 1.54) is 0 Å². The summed E-state index contributed by atoms with van der Waals surface area (Å²) in [6.07, 6.45) is 0. The Hall–Kier alpha value is -3.75. The van der Waals surface area contributed by atoms with E-state index in [-0.39, 0.29) is 12.2 Å². The SMILES string of the molecule is Cc1nnc(CNC(=O)c2nc(-c3ccccc3)c(NC(N)=O)cc2C)o1. The number of nitrogens with two attached hydrogens (primary N) is 1. The molecule has 0 unspecified atom stereocenters. The highest BCUT2D eigenvalue weighted by atomic mass is 16.4. The molecule has 3 amide bonds. The smallest absolute Gasteiger partial charge is 0.316 e. The number of rotatable bonds is 5. The molecule has 0 saturated carbocycles. The van der Waals surface area contributed by atoms with Gasteiger partial charge >= 0.3 is 6.03 Å². The Labute approximate surface area is 155 Å². The number of hydrogen-bond donors (Lipinski definition) is 3. The third kappa shape index (κ3) is 4.27. The van der Waals surface area contributed by atoms with Gasteiger partial charge in [0, 0.05) is 12.5 Å². The van der Waals surface area contributed by atoms with Gasteiger partial charge in [0.25, 0.3) is 5.91 Å². The van der Waals surface area contributed by atoms with E-state index < -0.39 is 11.9 Å². The first-order chi connectivity index (χ1) is 12.9.